The van der Waals surface area contributed by atoms with Crippen LogP contribution >= 0.6 is 0 Å². The third-order valence-corrected chi connectivity index (χ3v) is 5.78. The Hall–Kier alpha value is -3.15. The van der Waals surface area contributed by atoms with Crippen LogP contribution in [0.3, 0.4) is 0 Å². The summed E-state index contributed by atoms with van der Waals surface area (Å²) in [6.07, 6.45) is 3.74. The second-order valence-corrected chi connectivity index (χ2v) is 8.59. The van der Waals surface area contributed by atoms with Crippen molar-refractivity contribution < 1.29 is 18.7 Å². The van der Waals surface area contributed by atoms with Crippen molar-refractivity contribution in [2.24, 2.45) is 11.3 Å². The molecule has 1 aliphatic heterocycles. The molecule has 1 aromatic carbocycles. The molecule has 6 heteroatoms. The first-order chi connectivity index (χ1) is 14.2. The molecule has 2 heterocycles. The Morgan fingerprint density at radius 1 is 1.23 bits per heavy atom. The molecule has 4 rings (SSSR count). The van der Waals surface area contributed by atoms with Gasteiger partial charge < -0.3 is 14.5 Å². The van der Waals surface area contributed by atoms with Crippen LogP contribution in [0.5, 0.6) is 0 Å². The molecule has 2 aromatic rings. The van der Waals surface area contributed by atoms with Gasteiger partial charge in [-0.3, -0.25) is 9.59 Å². The molecule has 0 amide bonds. The van der Waals surface area contributed by atoms with Crippen molar-refractivity contribution in [3.05, 3.63) is 69.4 Å². The van der Waals surface area contributed by atoms with Crippen molar-refractivity contribution in [2.75, 3.05) is 6.61 Å². The summed E-state index contributed by atoms with van der Waals surface area (Å²) in [4.78, 5) is 39.5. The van der Waals surface area contributed by atoms with Gasteiger partial charge in [-0.1, -0.05) is 32.1 Å². The summed E-state index contributed by atoms with van der Waals surface area (Å²) >= 11 is 0. The Bertz CT molecular complexity index is 1170. The summed E-state index contributed by atoms with van der Waals surface area (Å²) in [5, 5.41) is 3.66. The second-order valence-electron chi connectivity index (χ2n) is 8.59. The van der Waals surface area contributed by atoms with Crippen LogP contribution in [0.4, 0.5) is 0 Å². The van der Waals surface area contributed by atoms with Gasteiger partial charge in [0.1, 0.15) is 11.4 Å². The van der Waals surface area contributed by atoms with E-state index in [1.807, 2.05) is 19.9 Å². The van der Waals surface area contributed by atoms with E-state index in [0.717, 1.165) is 5.70 Å². The van der Waals surface area contributed by atoms with Crippen LogP contribution in [0, 0.1) is 11.3 Å². The average molecular weight is 407 g/mol. The molecule has 0 radical (unpaired) electrons. The summed E-state index contributed by atoms with van der Waals surface area (Å²) in [7, 11) is 0. The lowest BCUT2D eigenvalue weighted by atomic mass is 9.66. The Kier molecular flexibility index (Phi) is 4.88. The van der Waals surface area contributed by atoms with Gasteiger partial charge in [-0.15, -0.1) is 0 Å². The molecule has 30 heavy (non-hydrogen) atoms. The molecule has 2 atom stereocenters. The maximum absolute atomic E-state index is 13.4. The zero-order chi connectivity index (χ0) is 21.6. The number of allylic oxidation sites excluding steroid dienone is 3. The van der Waals surface area contributed by atoms with Crippen LogP contribution in [0.25, 0.3) is 11.0 Å². The Morgan fingerprint density at radius 2 is 1.97 bits per heavy atom. The lowest BCUT2D eigenvalue weighted by Gasteiger charge is -2.41. The molecule has 6 nitrogen and oxygen atoms in total. The molecular weight excluding hydrogens is 382 g/mol. The molecule has 156 valence electrons. The van der Waals surface area contributed by atoms with Gasteiger partial charge >= 0.3 is 5.97 Å². The normalized spacial score (nSPS) is 22.9. The monoisotopic (exact) mass is 407 g/mol. The van der Waals surface area contributed by atoms with Crippen LogP contribution in [0.2, 0.25) is 0 Å². The quantitative estimate of drug-likeness (QED) is 0.779. The number of hydrogen-bond donors (Lipinski definition) is 1. The molecule has 1 N–H and O–H groups in total. The van der Waals surface area contributed by atoms with Crippen LogP contribution in [0.1, 0.15) is 45.6 Å². The van der Waals surface area contributed by atoms with E-state index in [1.165, 1.54) is 6.26 Å². The van der Waals surface area contributed by atoms with Gasteiger partial charge in [-0.05, 0) is 31.4 Å². The first-order valence-electron chi connectivity index (χ1n) is 10.1. The van der Waals surface area contributed by atoms with Gasteiger partial charge in [0.15, 0.2) is 5.43 Å². The SMILES string of the molecule is CCOC(=O)C1=C(C)NC2=CC(C)(C)CC(=O)C2C1c1coc2ccccc2c1=O. The van der Waals surface area contributed by atoms with Crippen molar-refractivity contribution in [1.29, 1.82) is 0 Å². The number of esters is 1. The highest BCUT2D eigenvalue weighted by atomic mass is 16.5. The third kappa shape index (κ3) is 3.26. The summed E-state index contributed by atoms with van der Waals surface area (Å²) in [5.41, 5.74) is 1.81. The number of nitrogens with one attached hydrogen (secondary N) is 1. The van der Waals surface area contributed by atoms with Gasteiger partial charge in [0.05, 0.1) is 29.7 Å². The van der Waals surface area contributed by atoms with Gasteiger partial charge in [0.25, 0.3) is 0 Å². The van der Waals surface area contributed by atoms with E-state index >= 15 is 0 Å². The van der Waals surface area contributed by atoms with Crippen molar-refractivity contribution >= 4 is 22.7 Å². The largest absolute Gasteiger partial charge is 0.464 e. The molecule has 0 bridgehead atoms. The van der Waals surface area contributed by atoms with Gasteiger partial charge in [0, 0.05) is 29.3 Å². The van der Waals surface area contributed by atoms with E-state index in [2.05, 4.69) is 5.32 Å². The Morgan fingerprint density at radius 3 is 2.70 bits per heavy atom. The van der Waals surface area contributed by atoms with Gasteiger partial charge in [-0.2, -0.15) is 0 Å². The molecule has 0 spiro atoms. The molecule has 0 fully saturated rings. The minimum absolute atomic E-state index is 0.0168. The fraction of sp³-hybridized carbons (Fsp3) is 0.375. The minimum atomic E-state index is -0.763. The van der Waals surface area contributed by atoms with E-state index in [1.54, 1.807) is 38.1 Å². The van der Waals surface area contributed by atoms with Gasteiger partial charge in [-0.25, -0.2) is 4.79 Å². The second kappa shape index (κ2) is 7.27. The highest BCUT2D eigenvalue weighted by Crippen LogP contribution is 2.46. The number of benzene rings is 1. The zero-order valence-corrected chi connectivity index (χ0v) is 17.6. The molecule has 2 unspecified atom stereocenters. The van der Waals surface area contributed by atoms with E-state index in [9.17, 15) is 14.4 Å². The number of ketones is 1. The van der Waals surface area contributed by atoms with Crippen LogP contribution in [-0.4, -0.2) is 18.4 Å². The van der Waals surface area contributed by atoms with Crippen LogP contribution < -0.4 is 10.7 Å². The number of ether oxygens (including phenoxy) is 1. The lowest BCUT2D eigenvalue weighted by Crippen LogP contribution is -2.44. The number of para-hydroxylation sites is 1. The number of Topliss-reactive ketones (excluding diaryl/α,β-unsaturated/α-hetero) is 1. The fourth-order valence-corrected chi connectivity index (χ4v) is 4.59. The summed E-state index contributed by atoms with van der Waals surface area (Å²) in [6, 6.07) is 6.96. The van der Waals surface area contributed by atoms with E-state index < -0.39 is 17.8 Å². The molecule has 1 aromatic heterocycles. The standard InChI is InChI=1S/C24H25NO5/c1-5-29-23(28)19-13(2)25-16-10-24(3,4)11-17(26)21(16)20(19)15-12-30-18-9-7-6-8-14(18)22(15)27/h6-10,12,20-21,25H,5,11H2,1-4H3. The predicted molar refractivity (Wildman–Crippen MR) is 113 cm³/mol. The molecule has 0 saturated carbocycles. The maximum atomic E-state index is 13.4. The van der Waals surface area contributed by atoms with Crippen molar-refractivity contribution in [1.82, 2.24) is 5.32 Å². The fourth-order valence-electron chi connectivity index (χ4n) is 4.59. The van der Waals surface area contributed by atoms with Gasteiger partial charge in [0.2, 0.25) is 0 Å². The average Bonchev–Trinajstić information content (AvgIpc) is 2.66. The highest BCUT2D eigenvalue weighted by Gasteiger charge is 2.47. The van der Waals surface area contributed by atoms with Crippen molar-refractivity contribution in [3.8, 4) is 0 Å². The first kappa shape index (κ1) is 20.1. The summed E-state index contributed by atoms with van der Waals surface area (Å²) in [6.45, 7) is 7.68. The number of hydrogen-bond acceptors (Lipinski definition) is 6. The van der Waals surface area contributed by atoms with Crippen LogP contribution in [0.15, 0.2) is 62.8 Å². The van der Waals surface area contributed by atoms with Crippen molar-refractivity contribution in [2.45, 2.75) is 40.0 Å². The number of fused-ring (bicyclic) bond motifs is 2. The topological polar surface area (TPSA) is 85.6 Å². The molecule has 2 aliphatic rings. The lowest BCUT2D eigenvalue weighted by molar-refractivity contribution is -0.139. The minimum Gasteiger partial charge on any atom is -0.464 e. The third-order valence-electron chi connectivity index (χ3n) is 5.78. The molecular formula is C24H25NO5. The smallest absolute Gasteiger partial charge is 0.336 e. The van der Waals surface area contributed by atoms with Crippen molar-refractivity contribution in [3.63, 3.8) is 0 Å². The van der Waals surface area contributed by atoms with E-state index in [4.69, 9.17) is 9.15 Å². The highest BCUT2D eigenvalue weighted by molar-refractivity contribution is 5.96. The van der Waals surface area contributed by atoms with E-state index in [0.29, 0.717) is 34.2 Å². The zero-order valence-electron chi connectivity index (χ0n) is 17.6. The Labute approximate surface area is 174 Å². The summed E-state index contributed by atoms with van der Waals surface area (Å²) < 4.78 is 11.0. The molecule has 0 saturated heterocycles. The van der Waals surface area contributed by atoms with Crippen LogP contribution in [-0.2, 0) is 14.3 Å². The summed E-state index contributed by atoms with van der Waals surface area (Å²) in [5.74, 6) is -1.97. The number of carbonyl (C=O) groups excluding carboxylic acids is 2. The number of carbonyl (C=O) groups is 2. The number of rotatable bonds is 3. The predicted octanol–water partition coefficient (Wildman–Crippen LogP) is 3.82. The first-order valence-corrected chi connectivity index (χ1v) is 10.1. The molecule has 1 aliphatic carbocycles. The maximum Gasteiger partial charge on any atom is 0.336 e. The Balaban J connectivity index is 1.98. The van der Waals surface area contributed by atoms with E-state index in [-0.39, 0.29) is 23.2 Å².